The largest absolute Gasteiger partial charge is 0.493 e. The van der Waals surface area contributed by atoms with Gasteiger partial charge < -0.3 is 24.8 Å². The van der Waals surface area contributed by atoms with Crippen molar-refractivity contribution in [1.82, 2.24) is 15.5 Å². The Bertz CT molecular complexity index is 561. The second kappa shape index (κ2) is 11.3. The lowest BCUT2D eigenvalue weighted by molar-refractivity contribution is -0.131. The molecule has 1 aliphatic heterocycles. The minimum atomic E-state index is 0.0253. The Labute approximate surface area is 159 Å². The van der Waals surface area contributed by atoms with Gasteiger partial charge in [-0.1, -0.05) is 12.1 Å². The van der Waals surface area contributed by atoms with E-state index in [-0.39, 0.29) is 24.1 Å². The normalized spacial score (nSPS) is 18.0. The lowest BCUT2D eigenvalue weighted by atomic mass is 10.3. The number of amides is 1. The standard InChI is InChI=1S/C18H29N3O4S/c1-14(20-9-11-22)19-8-7-17(23)21-10-12-26-18(21)13-25-16-6-4-3-5-15(16)24-2/h3-6,14,18-20,22H,7-13H2,1-2H3. The number of nitrogens with one attached hydrogen (secondary N) is 2. The van der Waals surface area contributed by atoms with Gasteiger partial charge in [-0.05, 0) is 19.1 Å². The van der Waals surface area contributed by atoms with E-state index in [1.807, 2.05) is 36.1 Å². The maximum absolute atomic E-state index is 12.5. The van der Waals surface area contributed by atoms with E-state index in [2.05, 4.69) is 10.6 Å². The van der Waals surface area contributed by atoms with Crippen LogP contribution in [0.1, 0.15) is 13.3 Å². The first-order valence-corrected chi connectivity index (χ1v) is 9.95. The molecule has 2 rings (SSSR count). The Balaban J connectivity index is 1.77. The van der Waals surface area contributed by atoms with Crippen LogP contribution in [0.2, 0.25) is 0 Å². The second-order valence-corrected chi connectivity index (χ2v) is 7.26. The molecule has 146 valence electrons. The third kappa shape index (κ3) is 6.35. The van der Waals surface area contributed by atoms with Crippen LogP contribution in [0.4, 0.5) is 0 Å². The number of benzene rings is 1. The molecule has 1 heterocycles. The van der Waals surface area contributed by atoms with Crippen LogP contribution < -0.4 is 20.1 Å². The highest BCUT2D eigenvalue weighted by atomic mass is 32.2. The molecule has 0 saturated carbocycles. The molecular formula is C18H29N3O4S. The van der Waals surface area contributed by atoms with E-state index < -0.39 is 0 Å². The van der Waals surface area contributed by atoms with Gasteiger partial charge in [0, 0.05) is 31.8 Å². The number of para-hydroxylation sites is 2. The van der Waals surface area contributed by atoms with Gasteiger partial charge in [-0.2, -0.15) is 0 Å². The second-order valence-electron chi connectivity index (χ2n) is 5.98. The quantitative estimate of drug-likeness (QED) is 0.489. The van der Waals surface area contributed by atoms with Crippen molar-refractivity contribution in [2.45, 2.75) is 24.9 Å². The molecule has 0 aliphatic carbocycles. The number of hydrogen-bond acceptors (Lipinski definition) is 7. The molecule has 0 aromatic heterocycles. The first-order chi connectivity index (χ1) is 12.7. The molecule has 8 heteroatoms. The molecule has 1 aliphatic rings. The molecule has 0 bridgehead atoms. The lowest BCUT2D eigenvalue weighted by Gasteiger charge is -2.24. The van der Waals surface area contributed by atoms with E-state index in [4.69, 9.17) is 14.6 Å². The zero-order chi connectivity index (χ0) is 18.8. The zero-order valence-corrected chi connectivity index (χ0v) is 16.3. The van der Waals surface area contributed by atoms with E-state index >= 15 is 0 Å². The number of rotatable bonds is 11. The van der Waals surface area contributed by atoms with Crippen LogP contribution in [0.25, 0.3) is 0 Å². The molecule has 1 aromatic carbocycles. The van der Waals surface area contributed by atoms with Crippen molar-refractivity contribution >= 4 is 17.7 Å². The molecule has 1 fully saturated rings. The van der Waals surface area contributed by atoms with Crippen LogP contribution >= 0.6 is 11.8 Å². The van der Waals surface area contributed by atoms with Crippen LogP contribution in [-0.2, 0) is 4.79 Å². The zero-order valence-electron chi connectivity index (χ0n) is 15.4. The molecule has 2 atom stereocenters. The molecule has 1 saturated heterocycles. The van der Waals surface area contributed by atoms with Crippen LogP contribution in [0.3, 0.4) is 0 Å². The fourth-order valence-corrected chi connectivity index (χ4v) is 3.88. The Hall–Kier alpha value is -1.48. The summed E-state index contributed by atoms with van der Waals surface area (Å²) in [5.41, 5.74) is 0. The highest BCUT2D eigenvalue weighted by Crippen LogP contribution is 2.29. The summed E-state index contributed by atoms with van der Waals surface area (Å²) in [5, 5.41) is 15.2. The van der Waals surface area contributed by atoms with Gasteiger partial charge in [0.05, 0.1) is 19.9 Å². The smallest absolute Gasteiger partial charge is 0.224 e. The average Bonchev–Trinajstić information content (AvgIpc) is 3.13. The molecular weight excluding hydrogens is 354 g/mol. The van der Waals surface area contributed by atoms with Crippen molar-refractivity contribution in [2.24, 2.45) is 0 Å². The van der Waals surface area contributed by atoms with Crippen LogP contribution in [0.5, 0.6) is 11.5 Å². The number of hydrogen-bond donors (Lipinski definition) is 3. The van der Waals surface area contributed by atoms with Crippen molar-refractivity contribution in [3.8, 4) is 11.5 Å². The maximum atomic E-state index is 12.5. The summed E-state index contributed by atoms with van der Waals surface area (Å²) < 4.78 is 11.2. The van der Waals surface area contributed by atoms with Gasteiger partial charge >= 0.3 is 0 Å². The Kier molecular flexibility index (Phi) is 9.04. The van der Waals surface area contributed by atoms with Crippen LogP contribution in [-0.4, -0.2) is 73.2 Å². The van der Waals surface area contributed by atoms with E-state index in [9.17, 15) is 4.79 Å². The van der Waals surface area contributed by atoms with Gasteiger partial charge in [-0.25, -0.2) is 0 Å². The third-order valence-corrected chi connectivity index (χ3v) is 5.31. The van der Waals surface area contributed by atoms with Gasteiger partial charge in [0.1, 0.15) is 12.0 Å². The lowest BCUT2D eigenvalue weighted by Crippen LogP contribution is -2.44. The van der Waals surface area contributed by atoms with E-state index in [1.165, 1.54) is 0 Å². The molecule has 26 heavy (non-hydrogen) atoms. The molecule has 1 amide bonds. The van der Waals surface area contributed by atoms with Crippen molar-refractivity contribution in [2.75, 3.05) is 45.7 Å². The average molecular weight is 384 g/mol. The predicted octanol–water partition coefficient (Wildman–Crippen LogP) is 0.883. The minimum absolute atomic E-state index is 0.0253. The predicted molar refractivity (Wildman–Crippen MR) is 104 cm³/mol. The number of carbonyl (C=O) groups excluding carboxylic acids is 1. The molecule has 0 radical (unpaired) electrons. The third-order valence-electron chi connectivity index (χ3n) is 4.11. The first-order valence-electron chi connectivity index (χ1n) is 8.90. The SMILES string of the molecule is COc1ccccc1OCC1SCCN1C(=O)CCNC(C)NCCO. The molecule has 1 aromatic rings. The highest BCUT2D eigenvalue weighted by molar-refractivity contribution is 8.00. The number of aliphatic hydroxyl groups is 1. The summed E-state index contributed by atoms with van der Waals surface area (Å²) in [7, 11) is 1.62. The van der Waals surface area contributed by atoms with Gasteiger partial charge in [0.2, 0.25) is 5.91 Å². The van der Waals surface area contributed by atoms with Gasteiger partial charge in [-0.3, -0.25) is 10.1 Å². The van der Waals surface area contributed by atoms with Crippen molar-refractivity contribution in [3.63, 3.8) is 0 Å². The topological polar surface area (TPSA) is 83.1 Å². The van der Waals surface area contributed by atoms with Crippen molar-refractivity contribution in [1.29, 1.82) is 0 Å². The van der Waals surface area contributed by atoms with E-state index in [1.54, 1.807) is 18.9 Å². The van der Waals surface area contributed by atoms with Gasteiger partial charge in [0.15, 0.2) is 11.5 Å². The Morgan fingerprint density at radius 2 is 2.08 bits per heavy atom. The van der Waals surface area contributed by atoms with Crippen LogP contribution in [0, 0.1) is 0 Å². The number of thioether (sulfide) groups is 1. The monoisotopic (exact) mass is 383 g/mol. The molecule has 7 nitrogen and oxygen atoms in total. The number of ether oxygens (including phenoxy) is 2. The Morgan fingerprint density at radius 3 is 2.81 bits per heavy atom. The van der Waals surface area contributed by atoms with Crippen LogP contribution in [0.15, 0.2) is 24.3 Å². The number of nitrogens with zero attached hydrogens (tertiary/aromatic N) is 1. The summed E-state index contributed by atoms with van der Waals surface area (Å²) in [4.78, 5) is 14.4. The fraction of sp³-hybridized carbons (Fsp3) is 0.611. The summed E-state index contributed by atoms with van der Waals surface area (Å²) in [6.07, 6.45) is 0.504. The number of methoxy groups -OCH3 is 1. The molecule has 2 unspecified atom stereocenters. The first kappa shape index (κ1) is 20.8. The van der Waals surface area contributed by atoms with Gasteiger partial charge in [-0.15, -0.1) is 11.8 Å². The fourth-order valence-electron chi connectivity index (χ4n) is 2.74. The number of carbonyl (C=O) groups is 1. The van der Waals surface area contributed by atoms with E-state index in [0.717, 1.165) is 12.3 Å². The maximum Gasteiger partial charge on any atom is 0.224 e. The highest BCUT2D eigenvalue weighted by Gasteiger charge is 2.29. The summed E-state index contributed by atoms with van der Waals surface area (Å²) in [5.74, 6) is 2.45. The number of aliphatic hydroxyl groups excluding tert-OH is 1. The molecule has 3 N–H and O–H groups in total. The molecule has 0 spiro atoms. The summed E-state index contributed by atoms with van der Waals surface area (Å²) in [6, 6.07) is 7.53. The van der Waals surface area contributed by atoms with Crippen molar-refractivity contribution < 1.29 is 19.4 Å². The minimum Gasteiger partial charge on any atom is -0.493 e. The van der Waals surface area contributed by atoms with Crippen molar-refractivity contribution in [3.05, 3.63) is 24.3 Å². The summed E-state index contributed by atoms with van der Waals surface area (Å²) in [6.45, 7) is 4.40. The van der Waals surface area contributed by atoms with E-state index in [0.29, 0.717) is 37.6 Å². The summed E-state index contributed by atoms with van der Waals surface area (Å²) >= 11 is 1.74. The Morgan fingerprint density at radius 1 is 1.35 bits per heavy atom. The van der Waals surface area contributed by atoms with Gasteiger partial charge in [0.25, 0.3) is 0 Å².